The van der Waals surface area contributed by atoms with Crippen molar-refractivity contribution in [2.24, 2.45) is 5.41 Å². The molecule has 0 amide bonds. The summed E-state index contributed by atoms with van der Waals surface area (Å²) < 4.78 is 7.55. The molecule has 6 nitrogen and oxygen atoms in total. The van der Waals surface area contributed by atoms with Gasteiger partial charge in [-0.25, -0.2) is 4.68 Å². The molecule has 2 aliphatic rings. The van der Waals surface area contributed by atoms with Gasteiger partial charge in [0.05, 0.1) is 7.11 Å². The molecule has 0 spiro atoms. The highest BCUT2D eigenvalue weighted by atomic mass is 16.5. The number of methoxy groups -OCH3 is 1. The third-order valence-electron chi connectivity index (χ3n) is 6.80. The second-order valence-electron chi connectivity index (χ2n) is 9.83. The summed E-state index contributed by atoms with van der Waals surface area (Å²) in [5.74, 6) is 2.14. The Morgan fingerprint density at radius 3 is 2.62 bits per heavy atom. The number of hydrogen-bond donors (Lipinski definition) is 1. The van der Waals surface area contributed by atoms with Gasteiger partial charge in [-0.1, -0.05) is 74.5 Å². The van der Waals surface area contributed by atoms with E-state index in [1.165, 1.54) is 0 Å². The van der Waals surface area contributed by atoms with Crippen LogP contribution >= 0.6 is 0 Å². The van der Waals surface area contributed by atoms with Crippen molar-refractivity contribution in [3.63, 3.8) is 0 Å². The molecular formula is C28H26N4O2. The quantitative estimate of drug-likeness (QED) is 0.429. The lowest BCUT2D eigenvalue weighted by Gasteiger charge is -2.38. The molecule has 34 heavy (non-hydrogen) atoms. The van der Waals surface area contributed by atoms with Crippen LogP contribution in [0, 0.1) is 5.41 Å². The second-order valence-corrected chi connectivity index (χ2v) is 9.83. The molecule has 1 unspecified atom stereocenters. The average Bonchev–Trinajstić information content (AvgIpc) is 3.25. The zero-order chi connectivity index (χ0) is 23.4. The standard InChI is InChI=1S/C28H26N4O2/c1-28(2)15-21-24(22(33)16-28)25(20-12-6-7-14-23(20)34-3)32-27(29-21)30-26(31-32)19-13-8-10-17-9-4-5-11-18(17)19/h4-14,25H,15-16H2,1-3H3,(H,29,30,31). The predicted octanol–water partition coefficient (Wildman–Crippen LogP) is 5.77. The van der Waals surface area contributed by atoms with E-state index in [0.29, 0.717) is 18.2 Å². The summed E-state index contributed by atoms with van der Waals surface area (Å²) in [4.78, 5) is 18.4. The molecule has 3 aromatic carbocycles. The van der Waals surface area contributed by atoms with E-state index in [1.54, 1.807) is 7.11 Å². The molecule has 1 atom stereocenters. The Morgan fingerprint density at radius 1 is 1.00 bits per heavy atom. The molecule has 6 heteroatoms. The van der Waals surface area contributed by atoms with Crippen LogP contribution in [-0.2, 0) is 4.79 Å². The molecule has 0 bridgehead atoms. The monoisotopic (exact) mass is 450 g/mol. The zero-order valence-electron chi connectivity index (χ0n) is 19.5. The summed E-state index contributed by atoms with van der Waals surface area (Å²) in [6.07, 6.45) is 1.27. The fourth-order valence-corrected chi connectivity index (χ4v) is 5.32. The van der Waals surface area contributed by atoms with Gasteiger partial charge in [-0.3, -0.25) is 4.79 Å². The number of aromatic nitrogens is 3. The average molecular weight is 451 g/mol. The smallest absolute Gasteiger partial charge is 0.226 e. The Labute approximate surface area is 198 Å². The van der Waals surface area contributed by atoms with Gasteiger partial charge in [-0.2, -0.15) is 4.98 Å². The Kier molecular flexibility index (Phi) is 4.59. The topological polar surface area (TPSA) is 69.0 Å². The van der Waals surface area contributed by atoms with Crippen molar-refractivity contribution in [2.75, 3.05) is 12.4 Å². The van der Waals surface area contributed by atoms with Crippen LogP contribution in [0.2, 0.25) is 0 Å². The Balaban J connectivity index is 1.57. The lowest BCUT2D eigenvalue weighted by Crippen LogP contribution is -2.36. The molecule has 1 aliphatic carbocycles. The van der Waals surface area contributed by atoms with Crippen molar-refractivity contribution < 1.29 is 9.53 Å². The maximum absolute atomic E-state index is 13.5. The normalized spacial score (nSPS) is 18.9. The number of nitrogens with one attached hydrogen (secondary N) is 1. The van der Waals surface area contributed by atoms with Gasteiger partial charge in [-0.05, 0) is 28.7 Å². The molecule has 1 N–H and O–H groups in total. The number of hydrogen-bond acceptors (Lipinski definition) is 5. The maximum Gasteiger partial charge on any atom is 0.226 e. The van der Waals surface area contributed by atoms with Crippen molar-refractivity contribution in [2.45, 2.75) is 32.7 Å². The van der Waals surface area contributed by atoms with Crippen LogP contribution in [0.4, 0.5) is 5.95 Å². The van der Waals surface area contributed by atoms with E-state index in [-0.39, 0.29) is 11.2 Å². The molecule has 2 heterocycles. The Morgan fingerprint density at radius 2 is 1.76 bits per heavy atom. The Bertz CT molecular complexity index is 1480. The van der Waals surface area contributed by atoms with Gasteiger partial charge in [0, 0.05) is 28.8 Å². The van der Waals surface area contributed by atoms with Crippen LogP contribution in [0.25, 0.3) is 22.2 Å². The van der Waals surface area contributed by atoms with E-state index >= 15 is 0 Å². The third-order valence-corrected chi connectivity index (χ3v) is 6.80. The number of ketones is 1. The number of benzene rings is 3. The van der Waals surface area contributed by atoms with Crippen LogP contribution in [0.1, 0.15) is 38.3 Å². The lowest BCUT2D eigenvalue weighted by molar-refractivity contribution is -0.118. The van der Waals surface area contributed by atoms with Crippen LogP contribution in [0.15, 0.2) is 78.0 Å². The molecule has 4 aromatic rings. The number of allylic oxidation sites excluding steroid dienone is 2. The molecule has 0 saturated heterocycles. The summed E-state index contributed by atoms with van der Waals surface area (Å²) in [5, 5.41) is 10.7. The number of rotatable bonds is 3. The largest absolute Gasteiger partial charge is 0.496 e. The van der Waals surface area contributed by atoms with Gasteiger partial charge in [0.25, 0.3) is 0 Å². The van der Waals surface area contributed by atoms with Crippen LogP contribution in [0.5, 0.6) is 5.75 Å². The van der Waals surface area contributed by atoms with E-state index in [4.69, 9.17) is 14.8 Å². The molecule has 1 aromatic heterocycles. The highest BCUT2D eigenvalue weighted by Crippen LogP contribution is 2.47. The van der Waals surface area contributed by atoms with Crippen molar-refractivity contribution in [1.82, 2.24) is 14.8 Å². The van der Waals surface area contributed by atoms with Crippen molar-refractivity contribution >= 4 is 22.5 Å². The first-order valence-corrected chi connectivity index (χ1v) is 11.6. The number of anilines is 1. The molecule has 0 fully saturated rings. The highest BCUT2D eigenvalue weighted by Gasteiger charge is 2.42. The number of carbonyl (C=O) groups excluding carboxylic acids is 1. The van der Waals surface area contributed by atoms with Crippen LogP contribution < -0.4 is 10.1 Å². The minimum Gasteiger partial charge on any atom is -0.496 e. The van der Waals surface area contributed by atoms with E-state index in [9.17, 15) is 4.79 Å². The van der Waals surface area contributed by atoms with Gasteiger partial charge in [0.15, 0.2) is 11.6 Å². The van der Waals surface area contributed by atoms with Gasteiger partial charge in [-0.15, -0.1) is 5.10 Å². The number of ether oxygens (including phenoxy) is 1. The molecule has 0 radical (unpaired) electrons. The number of para-hydroxylation sites is 1. The SMILES string of the molecule is COc1ccccc1C1C2=C(CC(C)(C)CC2=O)Nc2nc(-c3cccc4ccccc34)nn21. The van der Waals surface area contributed by atoms with E-state index < -0.39 is 6.04 Å². The van der Waals surface area contributed by atoms with Crippen molar-refractivity contribution in [3.8, 4) is 17.1 Å². The fraction of sp³-hybridized carbons (Fsp3) is 0.250. The number of fused-ring (bicyclic) bond motifs is 2. The van der Waals surface area contributed by atoms with Gasteiger partial charge < -0.3 is 10.1 Å². The van der Waals surface area contributed by atoms with Gasteiger partial charge >= 0.3 is 0 Å². The van der Waals surface area contributed by atoms with E-state index in [2.05, 4.69) is 37.4 Å². The first kappa shape index (κ1) is 20.7. The summed E-state index contributed by atoms with van der Waals surface area (Å²) >= 11 is 0. The molecular weight excluding hydrogens is 424 g/mol. The number of nitrogens with zero attached hydrogens (tertiary/aromatic N) is 3. The van der Waals surface area contributed by atoms with Crippen LogP contribution in [-0.4, -0.2) is 27.7 Å². The third kappa shape index (κ3) is 3.21. The highest BCUT2D eigenvalue weighted by molar-refractivity contribution is 6.00. The lowest BCUT2D eigenvalue weighted by atomic mass is 9.73. The predicted molar refractivity (Wildman–Crippen MR) is 133 cm³/mol. The molecule has 1 aliphatic heterocycles. The first-order valence-electron chi connectivity index (χ1n) is 11.6. The maximum atomic E-state index is 13.5. The number of carbonyl (C=O) groups is 1. The Hall–Kier alpha value is -3.93. The minimum atomic E-state index is -0.401. The first-order chi connectivity index (χ1) is 16.4. The van der Waals surface area contributed by atoms with Gasteiger partial charge in [0.1, 0.15) is 11.8 Å². The molecule has 6 rings (SSSR count). The summed E-state index contributed by atoms with van der Waals surface area (Å²) in [6.45, 7) is 4.27. The van der Waals surface area contributed by atoms with E-state index in [0.717, 1.165) is 45.3 Å². The molecule has 170 valence electrons. The van der Waals surface area contributed by atoms with Crippen LogP contribution in [0.3, 0.4) is 0 Å². The van der Waals surface area contributed by atoms with E-state index in [1.807, 2.05) is 53.2 Å². The number of Topliss-reactive ketones (excluding diaryl/α,β-unsaturated/α-hetero) is 1. The summed E-state index contributed by atoms with van der Waals surface area (Å²) in [7, 11) is 1.66. The van der Waals surface area contributed by atoms with Crippen molar-refractivity contribution in [3.05, 3.63) is 83.6 Å². The van der Waals surface area contributed by atoms with Crippen molar-refractivity contribution in [1.29, 1.82) is 0 Å². The molecule has 0 saturated carbocycles. The fourth-order valence-electron chi connectivity index (χ4n) is 5.32. The van der Waals surface area contributed by atoms with Gasteiger partial charge in [0.2, 0.25) is 5.95 Å². The summed E-state index contributed by atoms with van der Waals surface area (Å²) in [5.41, 5.74) is 3.44. The second kappa shape index (κ2) is 7.55. The zero-order valence-corrected chi connectivity index (χ0v) is 19.5. The summed E-state index contributed by atoms with van der Waals surface area (Å²) in [6, 6.07) is 21.8. The minimum absolute atomic E-state index is 0.116.